The highest BCUT2D eigenvalue weighted by Crippen LogP contribution is 2.29. The Morgan fingerprint density at radius 1 is 1.30 bits per heavy atom. The smallest absolute Gasteiger partial charge is 0.211 e. The molecule has 7 heteroatoms. The molecular weight excluding hydrogens is 278 g/mol. The predicted molar refractivity (Wildman–Crippen MR) is 74.5 cm³/mol. The van der Waals surface area contributed by atoms with Crippen LogP contribution in [0.4, 0.5) is 0 Å². The molecule has 0 saturated heterocycles. The summed E-state index contributed by atoms with van der Waals surface area (Å²) in [6.07, 6.45) is 7.32. The average molecular weight is 299 g/mol. The van der Waals surface area contributed by atoms with E-state index in [1.165, 1.54) is 23.4 Å². The van der Waals surface area contributed by atoms with Gasteiger partial charge in [0.15, 0.2) is 0 Å². The number of sulfonamides is 1. The van der Waals surface area contributed by atoms with E-state index in [-0.39, 0.29) is 5.92 Å². The zero-order valence-corrected chi connectivity index (χ0v) is 12.6. The third kappa shape index (κ3) is 3.39. The molecule has 112 valence electrons. The number of nitrogens with zero attached hydrogens (tertiary/aromatic N) is 3. The van der Waals surface area contributed by atoms with Gasteiger partial charge in [0, 0.05) is 31.8 Å². The molecule has 1 saturated carbocycles. The van der Waals surface area contributed by atoms with Crippen LogP contribution in [0.15, 0.2) is 12.5 Å². The molecule has 1 aliphatic heterocycles. The summed E-state index contributed by atoms with van der Waals surface area (Å²) in [7, 11) is -3.20. The van der Waals surface area contributed by atoms with Crippen LogP contribution in [0.3, 0.4) is 0 Å². The van der Waals surface area contributed by atoms with E-state index in [9.17, 15) is 8.42 Å². The summed E-state index contributed by atoms with van der Waals surface area (Å²) in [5.74, 6) is 0.912. The van der Waals surface area contributed by atoms with E-state index in [4.69, 9.17) is 4.74 Å². The maximum Gasteiger partial charge on any atom is 0.211 e. The molecule has 0 N–H and O–H groups in total. The van der Waals surface area contributed by atoms with Crippen molar-refractivity contribution in [3.05, 3.63) is 18.2 Å². The van der Waals surface area contributed by atoms with Gasteiger partial charge in [-0.2, -0.15) is 4.31 Å². The molecule has 0 spiro atoms. The number of rotatable bonds is 5. The van der Waals surface area contributed by atoms with Crippen molar-refractivity contribution in [2.24, 2.45) is 11.8 Å². The topological polar surface area (TPSA) is 64.4 Å². The average Bonchev–Trinajstić information content (AvgIpc) is 3.12. The molecule has 1 aromatic heterocycles. The molecule has 0 bridgehead atoms. The molecule has 20 heavy (non-hydrogen) atoms. The van der Waals surface area contributed by atoms with Crippen LogP contribution in [0.1, 0.15) is 18.5 Å². The lowest BCUT2D eigenvalue weighted by Gasteiger charge is -2.21. The van der Waals surface area contributed by atoms with Gasteiger partial charge in [0.2, 0.25) is 10.0 Å². The molecule has 1 fully saturated rings. The number of hydrogen-bond donors (Lipinski definition) is 0. The molecule has 3 rings (SSSR count). The van der Waals surface area contributed by atoms with Crippen molar-refractivity contribution < 1.29 is 13.2 Å². The standard InChI is InChI=1S/C13H21N3O3S/c1-20(17,18)16-6-12(9-19-8-11-2-3-11)5-15-10-14-4-13(15)7-16/h4,10-12H,2-3,5-9H2,1H3/t12-/m1/s1. The Kier molecular flexibility index (Phi) is 3.83. The lowest BCUT2D eigenvalue weighted by molar-refractivity contribution is 0.0808. The molecule has 0 aromatic carbocycles. The first kappa shape index (κ1) is 14.0. The van der Waals surface area contributed by atoms with Gasteiger partial charge in [-0.15, -0.1) is 0 Å². The van der Waals surface area contributed by atoms with Crippen molar-refractivity contribution in [3.8, 4) is 0 Å². The van der Waals surface area contributed by atoms with Gasteiger partial charge in [0.1, 0.15) is 0 Å². The third-order valence-corrected chi connectivity index (χ3v) is 5.14. The largest absolute Gasteiger partial charge is 0.381 e. The van der Waals surface area contributed by atoms with E-state index in [1.54, 1.807) is 12.5 Å². The Bertz CT molecular complexity index is 565. The Hall–Kier alpha value is -0.920. The second kappa shape index (κ2) is 5.46. The molecule has 0 amide bonds. The fourth-order valence-corrected chi connectivity index (χ4v) is 3.41. The van der Waals surface area contributed by atoms with Crippen molar-refractivity contribution >= 4 is 10.0 Å². The van der Waals surface area contributed by atoms with Crippen LogP contribution in [0.25, 0.3) is 0 Å². The van der Waals surface area contributed by atoms with Crippen LogP contribution in [0.5, 0.6) is 0 Å². The number of ether oxygens (including phenoxy) is 1. The number of aromatic nitrogens is 2. The van der Waals surface area contributed by atoms with Gasteiger partial charge in [-0.3, -0.25) is 0 Å². The van der Waals surface area contributed by atoms with Crippen LogP contribution in [0, 0.1) is 11.8 Å². The molecule has 2 heterocycles. The molecule has 2 aliphatic rings. The molecule has 6 nitrogen and oxygen atoms in total. The quantitative estimate of drug-likeness (QED) is 0.803. The lowest BCUT2D eigenvalue weighted by Crippen LogP contribution is -2.34. The summed E-state index contributed by atoms with van der Waals surface area (Å²) >= 11 is 0. The summed E-state index contributed by atoms with van der Waals surface area (Å²) in [5, 5.41) is 0. The van der Waals surface area contributed by atoms with Crippen molar-refractivity contribution in [2.45, 2.75) is 25.9 Å². The number of fused-ring (bicyclic) bond motifs is 1. The molecule has 1 aliphatic carbocycles. The second-order valence-electron chi connectivity index (χ2n) is 5.94. The summed E-state index contributed by atoms with van der Waals surface area (Å²) in [4.78, 5) is 4.12. The zero-order chi connectivity index (χ0) is 14.2. The Morgan fingerprint density at radius 2 is 2.05 bits per heavy atom. The molecule has 0 radical (unpaired) electrons. The van der Waals surface area contributed by atoms with E-state index in [0.29, 0.717) is 19.7 Å². The summed E-state index contributed by atoms with van der Waals surface area (Å²) < 4.78 is 33.0. The van der Waals surface area contributed by atoms with Crippen molar-refractivity contribution in [1.82, 2.24) is 13.9 Å². The highest BCUT2D eigenvalue weighted by molar-refractivity contribution is 7.88. The Balaban J connectivity index is 1.69. The maximum atomic E-state index is 11.9. The summed E-state index contributed by atoms with van der Waals surface area (Å²) in [5.41, 5.74) is 0.945. The molecule has 1 aromatic rings. The number of hydrogen-bond acceptors (Lipinski definition) is 4. The van der Waals surface area contributed by atoms with Crippen LogP contribution in [-0.4, -0.2) is 48.3 Å². The Morgan fingerprint density at radius 3 is 2.75 bits per heavy atom. The van der Waals surface area contributed by atoms with E-state index >= 15 is 0 Å². The van der Waals surface area contributed by atoms with Crippen LogP contribution in [-0.2, 0) is 27.8 Å². The second-order valence-corrected chi connectivity index (χ2v) is 7.92. The van der Waals surface area contributed by atoms with E-state index < -0.39 is 10.0 Å². The first-order valence-corrected chi connectivity index (χ1v) is 8.89. The normalized spacial score (nSPS) is 24.4. The van der Waals surface area contributed by atoms with Crippen LogP contribution >= 0.6 is 0 Å². The highest BCUT2D eigenvalue weighted by Gasteiger charge is 2.28. The van der Waals surface area contributed by atoms with Crippen molar-refractivity contribution in [1.29, 1.82) is 0 Å². The highest BCUT2D eigenvalue weighted by atomic mass is 32.2. The molecule has 0 unspecified atom stereocenters. The first-order chi connectivity index (χ1) is 9.52. The van der Waals surface area contributed by atoms with Gasteiger partial charge in [-0.1, -0.05) is 0 Å². The minimum atomic E-state index is -3.20. The summed E-state index contributed by atoms with van der Waals surface area (Å²) in [6, 6.07) is 0. The van der Waals surface area contributed by atoms with Crippen molar-refractivity contribution in [3.63, 3.8) is 0 Å². The van der Waals surface area contributed by atoms with Gasteiger partial charge in [0.25, 0.3) is 0 Å². The lowest BCUT2D eigenvalue weighted by atomic mass is 10.1. The van der Waals surface area contributed by atoms with E-state index in [2.05, 4.69) is 4.98 Å². The third-order valence-electron chi connectivity index (χ3n) is 3.93. The van der Waals surface area contributed by atoms with Gasteiger partial charge in [-0.05, 0) is 18.8 Å². The molecular formula is C13H21N3O3S. The SMILES string of the molecule is CS(=O)(=O)N1Cc2cncn2C[C@@H](COCC2CC2)C1. The zero-order valence-electron chi connectivity index (χ0n) is 11.7. The van der Waals surface area contributed by atoms with Crippen molar-refractivity contribution in [2.75, 3.05) is 26.0 Å². The van der Waals surface area contributed by atoms with Crippen LogP contribution < -0.4 is 0 Å². The minimum absolute atomic E-state index is 0.180. The fourth-order valence-electron chi connectivity index (χ4n) is 2.56. The molecule has 1 atom stereocenters. The van der Waals surface area contributed by atoms with Gasteiger partial charge >= 0.3 is 0 Å². The van der Waals surface area contributed by atoms with Gasteiger partial charge in [0.05, 0.1) is 31.4 Å². The first-order valence-electron chi connectivity index (χ1n) is 7.04. The fraction of sp³-hybridized carbons (Fsp3) is 0.769. The number of imidazole rings is 1. The Labute approximate surface area is 119 Å². The maximum absolute atomic E-state index is 11.9. The van der Waals surface area contributed by atoms with Gasteiger partial charge in [-0.25, -0.2) is 13.4 Å². The predicted octanol–water partition coefficient (Wildman–Crippen LogP) is 0.701. The van der Waals surface area contributed by atoms with E-state index in [1.807, 2.05) is 4.57 Å². The van der Waals surface area contributed by atoms with Crippen LogP contribution in [0.2, 0.25) is 0 Å². The minimum Gasteiger partial charge on any atom is -0.381 e. The van der Waals surface area contributed by atoms with E-state index in [0.717, 1.165) is 24.8 Å². The summed E-state index contributed by atoms with van der Waals surface area (Å²) in [6.45, 7) is 3.11. The van der Waals surface area contributed by atoms with Gasteiger partial charge < -0.3 is 9.30 Å². The monoisotopic (exact) mass is 299 g/mol.